The zero-order chi connectivity index (χ0) is 21.5. The van der Waals surface area contributed by atoms with Gasteiger partial charge < -0.3 is 9.13 Å². The molecular weight excluding hydrogens is 378 g/mol. The minimum atomic E-state index is -2.03. The molecule has 29 heavy (non-hydrogen) atoms. The fraction of sp³-hybridized carbons (Fsp3) is 0.565. The van der Waals surface area contributed by atoms with E-state index < -0.39 is 8.24 Å². The summed E-state index contributed by atoms with van der Waals surface area (Å²) in [5, 5.41) is 12.7. The third-order valence-electron chi connectivity index (χ3n) is 6.95. The van der Waals surface area contributed by atoms with Gasteiger partial charge in [-0.25, -0.2) is 0 Å². The first-order valence-electron chi connectivity index (χ1n) is 10.8. The van der Waals surface area contributed by atoms with Gasteiger partial charge in [-0.2, -0.15) is 0 Å². The van der Waals surface area contributed by atoms with E-state index in [1.54, 1.807) is 6.07 Å². The van der Waals surface area contributed by atoms with Crippen LogP contribution < -0.4 is 0 Å². The van der Waals surface area contributed by atoms with Crippen LogP contribution >= 0.6 is 0 Å². The number of aromatic nitrogens is 1. The number of benzene rings is 1. The summed E-state index contributed by atoms with van der Waals surface area (Å²) in [6, 6.07) is 5.44. The lowest BCUT2D eigenvalue weighted by Crippen LogP contribution is -2.51. The van der Waals surface area contributed by atoms with Crippen molar-refractivity contribution in [2.24, 2.45) is 0 Å². The van der Waals surface area contributed by atoms with E-state index in [4.69, 9.17) is 0 Å². The standard InChI is InChI=1S/C23H35N3O2Si/c1-16(2)29(17(3)4,18(5)6)25-15-22(19-10-12-24(7)13-11-19)21-9-8-20(26(27)28)14-23(21)25/h8-10,14-18H,11-13H2,1-7H3. The van der Waals surface area contributed by atoms with Gasteiger partial charge in [-0.1, -0.05) is 47.6 Å². The summed E-state index contributed by atoms with van der Waals surface area (Å²) in [6.07, 6.45) is 5.69. The van der Waals surface area contributed by atoms with Gasteiger partial charge >= 0.3 is 0 Å². The summed E-state index contributed by atoms with van der Waals surface area (Å²) in [6.45, 7) is 16.0. The number of likely N-dealkylation sites (N-methyl/N-ethyl adjacent to an activating group) is 1. The van der Waals surface area contributed by atoms with Crippen LogP contribution in [-0.2, 0) is 0 Å². The third kappa shape index (κ3) is 3.57. The molecule has 6 heteroatoms. The molecule has 1 aliphatic heterocycles. The van der Waals surface area contributed by atoms with Crippen molar-refractivity contribution >= 4 is 30.4 Å². The monoisotopic (exact) mass is 413 g/mol. The number of hydrogen-bond acceptors (Lipinski definition) is 3. The Bertz CT molecular complexity index is 921. The van der Waals surface area contributed by atoms with Crippen LogP contribution in [-0.4, -0.2) is 42.4 Å². The number of rotatable bonds is 6. The van der Waals surface area contributed by atoms with Gasteiger partial charge in [0.2, 0.25) is 0 Å². The number of nitro benzene ring substituents is 1. The molecule has 0 bridgehead atoms. The highest BCUT2D eigenvalue weighted by atomic mass is 28.3. The molecule has 0 N–H and O–H groups in total. The van der Waals surface area contributed by atoms with Crippen molar-refractivity contribution in [3.8, 4) is 0 Å². The number of nitro groups is 1. The van der Waals surface area contributed by atoms with Gasteiger partial charge in [-0.15, -0.1) is 0 Å². The lowest BCUT2D eigenvalue weighted by Gasteiger charge is -2.44. The molecule has 1 aromatic heterocycles. The number of hydrogen-bond donors (Lipinski definition) is 0. The molecule has 3 rings (SSSR count). The van der Waals surface area contributed by atoms with Crippen molar-refractivity contribution in [1.29, 1.82) is 0 Å². The zero-order valence-corrected chi connectivity index (χ0v) is 19.9. The summed E-state index contributed by atoms with van der Waals surface area (Å²) >= 11 is 0. The van der Waals surface area contributed by atoms with E-state index in [2.05, 4.69) is 70.0 Å². The van der Waals surface area contributed by atoms with Crippen molar-refractivity contribution in [2.75, 3.05) is 20.1 Å². The molecule has 0 unspecified atom stereocenters. The Hall–Kier alpha value is -1.92. The number of fused-ring (bicyclic) bond motifs is 1. The maximum Gasteiger partial charge on any atom is 0.271 e. The lowest BCUT2D eigenvalue weighted by molar-refractivity contribution is -0.384. The Labute approximate surface area is 175 Å². The highest BCUT2D eigenvalue weighted by Gasteiger charge is 2.46. The smallest absolute Gasteiger partial charge is 0.271 e. The molecular formula is C23H35N3O2Si. The first-order valence-corrected chi connectivity index (χ1v) is 13.0. The van der Waals surface area contributed by atoms with Crippen LogP contribution in [0.2, 0.25) is 16.6 Å². The summed E-state index contributed by atoms with van der Waals surface area (Å²) in [5.74, 6) is 0. The van der Waals surface area contributed by atoms with Crippen molar-refractivity contribution < 1.29 is 4.92 Å². The van der Waals surface area contributed by atoms with Crippen LogP contribution in [0, 0.1) is 10.1 Å². The van der Waals surface area contributed by atoms with E-state index in [-0.39, 0.29) is 10.6 Å². The molecule has 2 aromatic rings. The highest BCUT2D eigenvalue weighted by molar-refractivity contribution is 6.82. The molecule has 1 aromatic carbocycles. The van der Waals surface area contributed by atoms with Crippen LogP contribution in [0.3, 0.4) is 0 Å². The van der Waals surface area contributed by atoms with E-state index in [0.29, 0.717) is 16.6 Å². The molecule has 0 radical (unpaired) electrons. The van der Waals surface area contributed by atoms with E-state index in [0.717, 1.165) is 30.4 Å². The van der Waals surface area contributed by atoms with Crippen molar-refractivity contribution in [1.82, 2.24) is 9.13 Å². The van der Waals surface area contributed by atoms with Crippen molar-refractivity contribution in [3.05, 3.63) is 46.1 Å². The molecule has 0 saturated carbocycles. The van der Waals surface area contributed by atoms with Crippen LogP contribution in [0.4, 0.5) is 5.69 Å². The van der Waals surface area contributed by atoms with Crippen LogP contribution in [0.15, 0.2) is 30.5 Å². The zero-order valence-electron chi connectivity index (χ0n) is 18.9. The summed E-state index contributed by atoms with van der Waals surface area (Å²) in [5.41, 5.74) is 5.43. The maximum absolute atomic E-state index is 11.5. The fourth-order valence-corrected chi connectivity index (χ4v) is 12.4. The summed E-state index contributed by atoms with van der Waals surface area (Å²) in [7, 11) is 0.121. The van der Waals surface area contributed by atoms with Crippen LogP contribution in [0.5, 0.6) is 0 Å². The predicted molar refractivity (Wildman–Crippen MR) is 125 cm³/mol. The van der Waals surface area contributed by atoms with Crippen molar-refractivity contribution in [2.45, 2.75) is 64.6 Å². The second kappa shape index (κ2) is 8.07. The Morgan fingerprint density at radius 1 is 1.07 bits per heavy atom. The van der Waals surface area contributed by atoms with Gasteiger partial charge in [0.15, 0.2) is 8.24 Å². The summed E-state index contributed by atoms with van der Waals surface area (Å²) in [4.78, 5) is 13.6. The number of non-ortho nitro benzene ring substituents is 1. The minimum absolute atomic E-state index is 0.180. The molecule has 0 spiro atoms. The van der Waals surface area contributed by atoms with E-state index in [9.17, 15) is 10.1 Å². The van der Waals surface area contributed by atoms with E-state index in [1.807, 2.05) is 12.1 Å². The summed E-state index contributed by atoms with van der Waals surface area (Å²) < 4.78 is 2.52. The minimum Gasteiger partial charge on any atom is -0.372 e. The second-order valence-corrected chi connectivity index (χ2v) is 15.2. The highest BCUT2D eigenvalue weighted by Crippen LogP contribution is 2.46. The first kappa shape index (κ1) is 21.8. The fourth-order valence-electron chi connectivity index (χ4n) is 5.75. The van der Waals surface area contributed by atoms with Gasteiger partial charge in [-0.05, 0) is 41.7 Å². The van der Waals surface area contributed by atoms with Gasteiger partial charge in [0.05, 0.1) is 4.92 Å². The molecule has 5 nitrogen and oxygen atoms in total. The maximum atomic E-state index is 11.5. The quantitative estimate of drug-likeness (QED) is 0.317. The molecule has 158 valence electrons. The first-order chi connectivity index (χ1) is 13.6. The van der Waals surface area contributed by atoms with Crippen molar-refractivity contribution in [3.63, 3.8) is 0 Å². The molecule has 0 amide bonds. The second-order valence-electron chi connectivity index (χ2n) is 9.46. The van der Waals surface area contributed by atoms with E-state index in [1.165, 1.54) is 11.1 Å². The molecule has 2 heterocycles. The molecule has 0 atom stereocenters. The predicted octanol–water partition coefficient (Wildman–Crippen LogP) is 6.29. The Morgan fingerprint density at radius 2 is 1.69 bits per heavy atom. The molecule has 0 saturated heterocycles. The average Bonchev–Trinajstić information content (AvgIpc) is 3.01. The molecule has 1 aliphatic rings. The van der Waals surface area contributed by atoms with Gasteiger partial charge in [0, 0.05) is 47.9 Å². The van der Waals surface area contributed by atoms with Gasteiger partial charge in [0.1, 0.15) is 0 Å². The van der Waals surface area contributed by atoms with E-state index >= 15 is 0 Å². The van der Waals surface area contributed by atoms with Gasteiger partial charge in [0.25, 0.3) is 5.69 Å². The normalized spacial score (nSPS) is 16.3. The molecule has 0 aliphatic carbocycles. The third-order valence-corrected chi connectivity index (χ3v) is 13.7. The average molecular weight is 414 g/mol. The lowest BCUT2D eigenvalue weighted by atomic mass is 9.99. The topological polar surface area (TPSA) is 51.3 Å². The van der Waals surface area contributed by atoms with Crippen LogP contribution in [0.1, 0.15) is 53.5 Å². The Balaban J connectivity index is 2.36. The largest absolute Gasteiger partial charge is 0.372 e. The Kier molecular flexibility index (Phi) is 6.06. The molecule has 0 fully saturated rings. The van der Waals surface area contributed by atoms with Crippen LogP contribution in [0.25, 0.3) is 16.5 Å². The Morgan fingerprint density at radius 3 is 2.17 bits per heavy atom. The van der Waals surface area contributed by atoms with Gasteiger partial charge in [-0.3, -0.25) is 10.1 Å². The number of nitrogens with zero attached hydrogens (tertiary/aromatic N) is 3. The SMILES string of the molecule is CC(C)[Si](C(C)C)(C(C)C)n1cc(C2=CCN(C)CC2)c2ccc([N+](=O)[O-])cc21.